The Morgan fingerprint density at radius 1 is 1.35 bits per heavy atom. The Morgan fingerprint density at radius 2 is 2.20 bits per heavy atom. The standard InChI is InChI=1S/C16H21N3O/c1-17-10-14-8-5-9-19(14)12-16-18-11-15(20-16)13-6-3-2-4-7-13/h2-4,6-7,11,14,17H,5,8-10,12H2,1H3. The fraction of sp³-hybridized carbons (Fsp3) is 0.438. The fourth-order valence-electron chi connectivity index (χ4n) is 2.86. The SMILES string of the molecule is CNCC1CCCN1Cc1ncc(-c2ccccc2)o1. The second-order valence-electron chi connectivity index (χ2n) is 5.31. The minimum atomic E-state index is 0.604. The zero-order valence-corrected chi connectivity index (χ0v) is 11.9. The number of hydrogen-bond acceptors (Lipinski definition) is 4. The lowest BCUT2D eigenvalue weighted by atomic mass is 10.2. The molecule has 0 radical (unpaired) electrons. The molecule has 4 nitrogen and oxygen atoms in total. The maximum atomic E-state index is 5.88. The Kier molecular flexibility index (Phi) is 4.14. The van der Waals surface area contributed by atoms with E-state index in [1.54, 1.807) is 0 Å². The van der Waals surface area contributed by atoms with E-state index in [-0.39, 0.29) is 0 Å². The van der Waals surface area contributed by atoms with E-state index in [0.29, 0.717) is 6.04 Å². The molecule has 1 fully saturated rings. The van der Waals surface area contributed by atoms with Crippen LogP contribution in [-0.4, -0.2) is 36.1 Å². The maximum absolute atomic E-state index is 5.88. The van der Waals surface area contributed by atoms with Crippen molar-refractivity contribution in [1.82, 2.24) is 15.2 Å². The Bertz CT molecular complexity index is 538. The molecule has 0 bridgehead atoms. The van der Waals surface area contributed by atoms with E-state index in [0.717, 1.165) is 36.8 Å². The number of benzene rings is 1. The van der Waals surface area contributed by atoms with Gasteiger partial charge in [0.2, 0.25) is 5.89 Å². The number of rotatable bonds is 5. The molecular weight excluding hydrogens is 250 g/mol. The highest BCUT2D eigenvalue weighted by molar-refractivity contribution is 5.55. The lowest BCUT2D eigenvalue weighted by molar-refractivity contribution is 0.220. The number of nitrogens with zero attached hydrogens (tertiary/aromatic N) is 2. The van der Waals surface area contributed by atoms with E-state index in [4.69, 9.17) is 4.42 Å². The first-order valence-electron chi connectivity index (χ1n) is 7.25. The molecule has 0 aliphatic carbocycles. The second kappa shape index (κ2) is 6.20. The van der Waals surface area contributed by atoms with Gasteiger partial charge in [-0.25, -0.2) is 4.98 Å². The van der Waals surface area contributed by atoms with Gasteiger partial charge in [-0.1, -0.05) is 30.3 Å². The molecule has 0 amide bonds. The summed E-state index contributed by atoms with van der Waals surface area (Å²) in [4.78, 5) is 6.88. The van der Waals surface area contributed by atoms with Gasteiger partial charge >= 0.3 is 0 Å². The Hall–Kier alpha value is -1.65. The van der Waals surface area contributed by atoms with E-state index in [9.17, 15) is 0 Å². The molecule has 3 rings (SSSR count). The molecular formula is C16H21N3O. The lowest BCUT2D eigenvalue weighted by Crippen LogP contribution is -2.36. The van der Waals surface area contributed by atoms with Crippen molar-refractivity contribution in [2.75, 3.05) is 20.1 Å². The molecule has 1 aliphatic rings. The smallest absolute Gasteiger partial charge is 0.209 e. The minimum Gasteiger partial charge on any atom is -0.439 e. The minimum absolute atomic E-state index is 0.604. The van der Waals surface area contributed by atoms with Crippen LogP contribution in [0, 0.1) is 0 Å². The fourth-order valence-corrected chi connectivity index (χ4v) is 2.86. The Balaban J connectivity index is 1.68. The van der Waals surface area contributed by atoms with Crippen molar-refractivity contribution in [1.29, 1.82) is 0 Å². The first-order valence-corrected chi connectivity index (χ1v) is 7.25. The van der Waals surface area contributed by atoms with Crippen molar-refractivity contribution < 1.29 is 4.42 Å². The third-order valence-corrected chi connectivity index (χ3v) is 3.89. The topological polar surface area (TPSA) is 41.3 Å². The average molecular weight is 271 g/mol. The van der Waals surface area contributed by atoms with Crippen molar-refractivity contribution >= 4 is 0 Å². The summed E-state index contributed by atoms with van der Waals surface area (Å²) in [5.41, 5.74) is 1.08. The Labute approximate surface area is 119 Å². The molecule has 1 atom stereocenters. The van der Waals surface area contributed by atoms with Gasteiger partial charge in [-0.15, -0.1) is 0 Å². The summed E-state index contributed by atoms with van der Waals surface area (Å²) in [5, 5.41) is 3.26. The average Bonchev–Trinajstić information content (AvgIpc) is 3.11. The normalized spacial score (nSPS) is 19.6. The van der Waals surface area contributed by atoms with E-state index < -0.39 is 0 Å². The summed E-state index contributed by atoms with van der Waals surface area (Å²) < 4.78 is 5.88. The molecule has 1 aliphatic heterocycles. The zero-order valence-electron chi connectivity index (χ0n) is 11.9. The van der Waals surface area contributed by atoms with Crippen LogP contribution in [0.4, 0.5) is 0 Å². The third kappa shape index (κ3) is 2.92. The summed E-state index contributed by atoms with van der Waals surface area (Å²) in [7, 11) is 2.01. The van der Waals surface area contributed by atoms with Gasteiger partial charge in [0, 0.05) is 18.2 Å². The van der Waals surface area contributed by atoms with Gasteiger partial charge in [-0.2, -0.15) is 0 Å². The molecule has 0 saturated carbocycles. The number of hydrogen-bond donors (Lipinski definition) is 1. The van der Waals surface area contributed by atoms with Gasteiger partial charge in [-0.05, 0) is 26.4 Å². The molecule has 4 heteroatoms. The molecule has 0 spiro atoms. The van der Waals surface area contributed by atoms with Crippen LogP contribution >= 0.6 is 0 Å². The third-order valence-electron chi connectivity index (χ3n) is 3.89. The molecule has 2 heterocycles. The number of likely N-dealkylation sites (tertiary alicyclic amines) is 1. The van der Waals surface area contributed by atoms with Crippen LogP contribution in [0.3, 0.4) is 0 Å². The molecule has 106 valence electrons. The highest BCUT2D eigenvalue weighted by atomic mass is 16.4. The quantitative estimate of drug-likeness (QED) is 0.907. The summed E-state index contributed by atoms with van der Waals surface area (Å²) in [6, 6.07) is 10.7. The number of aromatic nitrogens is 1. The molecule has 1 aromatic carbocycles. The molecule has 20 heavy (non-hydrogen) atoms. The zero-order chi connectivity index (χ0) is 13.8. The van der Waals surface area contributed by atoms with Crippen molar-refractivity contribution in [2.24, 2.45) is 0 Å². The Morgan fingerprint density at radius 3 is 3.00 bits per heavy atom. The van der Waals surface area contributed by atoms with E-state index in [1.165, 1.54) is 12.8 Å². The van der Waals surface area contributed by atoms with Crippen LogP contribution in [-0.2, 0) is 6.54 Å². The van der Waals surface area contributed by atoms with Gasteiger partial charge in [0.15, 0.2) is 5.76 Å². The van der Waals surface area contributed by atoms with E-state index in [2.05, 4.69) is 15.2 Å². The van der Waals surface area contributed by atoms with Crippen LogP contribution < -0.4 is 5.32 Å². The maximum Gasteiger partial charge on any atom is 0.209 e. The van der Waals surface area contributed by atoms with E-state index >= 15 is 0 Å². The summed E-state index contributed by atoms with van der Waals surface area (Å²) in [5.74, 6) is 1.66. The van der Waals surface area contributed by atoms with Gasteiger partial charge < -0.3 is 9.73 Å². The first kappa shape index (κ1) is 13.3. The lowest BCUT2D eigenvalue weighted by Gasteiger charge is -2.22. The van der Waals surface area contributed by atoms with Gasteiger partial charge in [0.05, 0.1) is 12.7 Å². The van der Waals surface area contributed by atoms with Crippen molar-refractivity contribution in [3.8, 4) is 11.3 Å². The van der Waals surface area contributed by atoms with Crippen molar-refractivity contribution in [3.63, 3.8) is 0 Å². The summed E-state index contributed by atoms with van der Waals surface area (Å²) in [6.45, 7) is 2.97. The predicted octanol–water partition coefficient (Wildman–Crippen LogP) is 2.53. The number of nitrogens with one attached hydrogen (secondary N) is 1. The van der Waals surface area contributed by atoms with Gasteiger partial charge in [0.25, 0.3) is 0 Å². The second-order valence-corrected chi connectivity index (χ2v) is 5.31. The summed E-state index contributed by atoms with van der Waals surface area (Å²) >= 11 is 0. The number of likely N-dealkylation sites (N-methyl/N-ethyl adjacent to an activating group) is 1. The number of oxazole rings is 1. The predicted molar refractivity (Wildman–Crippen MR) is 79.3 cm³/mol. The van der Waals surface area contributed by atoms with Crippen LogP contribution in [0.5, 0.6) is 0 Å². The van der Waals surface area contributed by atoms with Crippen molar-refractivity contribution in [2.45, 2.75) is 25.4 Å². The first-order chi connectivity index (χ1) is 9.86. The van der Waals surface area contributed by atoms with Crippen LogP contribution in [0.15, 0.2) is 40.9 Å². The molecule has 1 N–H and O–H groups in total. The van der Waals surface area contributed by atoms with Gasteiger partial charge in [0.1, 0.15) is 0 Å². The largest absolute Gasteiger partial charge is 0.439 e. The van der Waals surface area contributed by atoms with Gasteiger partial charge in [-0.3, -0.25) is 4.90 Å². The van der Waals surface area contributed by atoms with E-state index in [1.807, 2.05) is 43.6 Å². The molecule has 1 unspecified atom stereocenters. The van der Waals surface area contributed by atoms with Crippen LogP contribution in [0.1, 0.15) is 18.7 Å². The van der Waals surface area contributed by atoms with Crippen LogP contribution in [0.25, 0.3) is 11.3 Å². The highest BCUT2D eigenvalue weighted by Crippen LogP contribution is 2.23. The molecule has 1 saturated heterocycles. The molecule has 1 aromatic heterocycles. The monoisotopic (exact) mass is 271 g/mol. The summed E-state index contributed by atoms with van der Waals surface area (Å²) in [6.07, 6.45) is 4.35. The molecule has 2 aromatic rings. The highest BCUT2D eigenvalue weighted by Gasteiger charge is 2.25. The van der Waals surface area contributed by atoms with Crippen molar-refractivity contribution in [3.05, 3.63) is 42.4 Å². The van der Waals surface area contributed by atoms with Crippen LogP contribution in [0.2, 0.25) is 0 Å².